The Labute approximate surface area is 142 Å². The molecule has 24 heavy (non-hydrogen) atoms. The van der Waals surface area contributed by atoms with Crippen LogP contribution in [0.5, 0.6) is 0 Å². The third-order valence-corrected chi connectivity index (χ3v) is 5.49. The van der Waals surface area contributed by atoms with Crippen molar-refractivity contribution >= 4 is 5.91 Å². The normalized spacial score (nSPS) is 22.3. The number of piperidine rings is 1. The fourth-order valence-electron chi connectivity index (χ4n) is 3.90. The molecular formula is C18H26FN3O2. The number of benzene rings is 1. The first kappa shape index (κ1) is 17.3. The predicted octanol–water partition coefficient (Wildman–Crippen LogP) is 0.927. The summed E-state index contributed by atoms with van der Waals surface area (Å²) in [5.74, 6) is -0.0542. The van der Waals surface area contributed by atoms with Crippen LogP contribution in [-0.2, 0) is 11.3 Å². The van der Waals surface area contributed by atoms with E-state index >= 15 is 0 Å². The van der Waals surface area contributed by atoms with Crippen LogP contribution in [0, 0.1) is 5.82 Å². The summed E-state index contributed by atoms with van der Waals surface area (Å²) in [5.41, 5.74) is 0.671. The molecule has 1 N–H and O–H groups in total. The number of likely N-dealkylation sites (N-methyl/N-ethyl adjacent to an activating group) is 1. The second kappa shape index (κ2) is 7.17. The molecule has 2 fully saturated rings. The fourth-order valence-corrected chi connectivity index (χ4v) is 3.90. The Morgan fingerprint density at radius 1 is 1.12 bits per heavy atom. The van der Waals surface area contributed by atoms with Crippen LogP contribution in [0.25, 0.3) is 0 Å². The average molecular weight is 335 g/mol. The summed E-state index contributed by atoms with van der Waals surface area (Å²) in [6, 6.07) is 6.62. The Morgan fingerprint density at radius 3 is 2.42 bits per heavy atom. The molecule has 0 bridgehead atoms. The van der Waals surface area contributed by atoms with E-state index < -0.39 is 5.54 Å². The third-order valence-electron chi connectivity index (χ3n) is 5.49. The van der Waals surface area contributed by atoms with Crippen molar-refractivity contribution in [3.8, 4) is 0 Å². The molecule has 0 radical (unpaired) electrons. The van der Waals surface area contributed by atoms with Crippen LogP contribution in [0.15, 0.2) is 24.3 Å². The summed E-state index contributed by atoms with van der Waals surface area (Å²) in [7, 11) is 2.03. The van der Waals surface area contributed by atoms with Crippen LogP contribution in [0.3, 0.4) is 0 Å². The number of aliphatic hydroxyl groups excluding tert-OH is 1. The number of aliphatic hydroxyl groups is 1. The third kappa shape index (κ3) is 3.31. The van der Waals surface area contributed by atoms with Crippen molar-refractivity contribution in [2.45, 2.75) is 24.9 Å². The molecule has 5 nitrogen and oxygen atoms in total. The monoisotopic (exact) mass is 335 g/mol. The van der Waals surface area contributed by atoms with Crippen molar-refractivity contribution in [2.24, 2.45) is 0 Å². The fraction of sp³-hybridized carbons (Fsp3) is 0.611. The lowest BCUT2D eigenvalue weighted by Gasteiger charge is -2.51. The molecule has 1 aromatic carbocycles. The van der Waals surface area contributed by atoms with E-state index in [-0.39, 0.29) is 18.3 Å². The van der Waals surface area contributed by atoms with E-state index in [1.165, 1.54) is 12.1 Å². The van der Waals surface area contributed by atoms with Gasteiger partial charge < -0.3 is 10.0 Å². The molecule has 1 spiro atoms. The van der Waals surface area contributed by atoms with Crippen LogP contribution >= 0.6 is 0 Å². The van der Waals surface area contributed by atoms with E-state index in [4.69, 9.17) is 0 Å². The smallest absolute Gasteiger partial charge is 0.243 e. The molecular weight excluding hydrogens is 309 g/mol. The highest BCUT2D eigenvalue weighted by atomic mass is 19.1. The summed E-state index contributed by atoms with van der Waals surface area (Å²) in [5, 5.41) is 9.17. The van der Waals surface area contributed by atoms with Crippen LogP contribution < -0.4 is 0 Å². The summed E-state index contributed by atoms with van der Waals surface area (Å²) >= 11 is 0. The number of hydrogen-bond donors (Lipinski definition) is 1. The van der Waals surface area contributed by atoms with Gasteiger partial charge in [-0.15, -0.1) is 0 Å². The number of carbonyl (C=O) groups excluding carboxylic acids is 1. The van der Waals surface area contributed by atoms with Crippen molar-refractivity contribution in [3.05, 3.63) is 35.6 Å². The van der Waals surface area contributed by atoms with E-state index in [0.29, 0.717) is 13.1 Å². The molecule has 132 valence electrons. The Morgan fingerprint density at radius 2 is 1.79 bits per heavy atom. The lowest BCUT2D eigenvalue weighted by atomic mass is 9.82. The molecule has 1 amide bonds. The Kier molecular flexibility index (Phi) is 5.18. The highest BCUT2D eigenvalue weighted by molar-refractivity contribution is 5.87. The molecule has 0 aromatic heterocycles. The van der Waals surface area contributed by atoms with E-state index in [9.17, 15) is 14.3 Å². The van der Waals surface area contributed by atoms with Crippen LogP contribution in [0.2, 0.25) is 0 Å². The maximum absolute atomic E-state index is 13.0. The largest absolute Gasteiger partial charge is 0.395 e. The summed E-state index contributed by atoms with van der Waals surface area (Å²) in [4.78, 5) is 19.2. The standard InChI is InChI=1S/C18H26FN3O2/c1-20-10-11-22(12-13-23)17(24)18(20)6-8-21(9-7-18)14-15-2-4-16(19)5-3-15/h2-5,23H,6-14H2,1H3. The quantitative estimate of drug-likeness (QED) is 0.889. The van der Waals surface area contributed by atoms with Gasteiger partial charge in [-0.05, 0) is 37.6 Å². The number of hydrogen-bond acceptors (Lipinski definition) is 4. The number of rotatable bonds is 4. The molecule has 1 aromatic rings. The molecule has 0 unspecified atom stereocenters. The van der Waals surface area contributed by atoms with Gasteiger partial charge in [0.15, 0.2) is 0 Å². The van der Waals surface area contributed by atoms with E-state index in [1.54, 1.807) is 4.90 Å². The maximum atomic E-state index is 13.0. The lowest BCUT2D eigenvalue weighted by molar-refractivity contribution is -0.154. The number of likely N-dealkylation sites (tertiary alicyclic amines) is 1. The van der Waals surface area contributed by atoms with Gasteiger partial charge in [-0.25, -0.2) is 4.39 Å². The van der Waals surface area contributed by atoms with Gasteiger partial charge in [0, 0.05) is 39.3 Å². The highest BCUT2D eigenvalue weighted by Crippen LogP contribution is 2.33. The zero-order valence-corrected chi connectivity index (χ0v) is 14.2. The Hall–Kier alpha value is -1.50. The SMILES string of the molecule is CN1CCN(CCO)C(=O)C12CCN(Cc1ccc(F)cc1)CC2. The number of nitrogens with zero attached hydrogens (tertiary/aromatic N) is 3. The summed E-state index contributed by atoms with van der Waals surface area (Å²) in [6.45, 7) is 4.46. The first-order chi connectivity index (χ1) is 11.5. The molecule has 6 heteroatoms. The minimum absolute atomic E-state index is 0.0161. The minimum atomic E-state index is -0.424. The second-order valence-electron chi connectivity index (χ2n) is 6.87. The molecule has 2 aliphatic rings. The van der Waals surface area contributed by atoms with Crippen molar-refractivity contribution < 1.29 is 14.3 Å². The number of halogens is 1. The topological polar surface area (TPSA) is 47.0 Å². The molecule has 0 aliphatic carbocycles. The van der Waals surface area contributed by atoms with Gasteiger partial charge in [0.1, 0.15) is 11.4 Å². The summed E-state index contributed by atoms with van der Waals surface area (Å²) < 4.78 is 13.0. The number of amides is 1. The number of β-amino-alcohol motifs (C(OH)–C–C–N with tert-alkyl or cyclic N) is 1. The van der Waals surface area contributed by atoms with Crippen LogP contribution in [0.4, 0.5) is 4.39 Å². The Bertz CT molecular complexity index is 570. The highest BCUT2D eigenvalue weighted by Gasteiger charge is 2.48. The van der Waals surface area contributed by atoms with Gasteiger partial charge in [-0.1, -0.05) is 12.1 Å². The van der Waals surface area contributed by atoms with Crippen molar-refractivity contribution in [2.75, 3.05) is 46.4 Å². The first-order valence-corrected chi connectivity index (χ1v) is 8.63. The predicted molar refractivity (Wildman–Crippen MR) is 89.9 cm³/mol. The van der Waals surface area contributed by atoms with Gasteiger partial charge in [0.05, 0.1) is 6.61 Å². The first-order valence-electron chi connectivity index (χ1n) is 8.63. The van der Waals surface area contributed by atoms with Crippen LogP contribution in [-0.4, -0.2) is 77.6 Å². The van der Waals surface area contributed by atoms with E-state index in [0.717, 1.165) is 44.6 Å². The number of carbonyl (C=O) groups is 1. The molecule has 2 aliphatic heterocycles. The average Bonchev–Trinajstić information content (AvgIpc) is 2.59. The second-order valence-corrected chi connectivity index (χ2v) is 6.87. The van der Waals surface area contributed by atoms with Gasteiger partial charge >= 0.3 is 0 Å². The van der Waals surface area contributed by atoms with Gasteiger partial charge in [0.2, 0.25) is 5.91 Å². The van der Waals surface area contributed by atoms with E-state index in [2.05, 4.69) is 9.80 Å². The molecule has 2 heterocycles. The number of piperazine rings is 1. The molecule has 3 rings (SSSR count). The maximum Gasteiger partial charge on any atom is 0.243 e. The van der Waals surface area contributed by atoms with Crippen molar-refractivity contribution in [3.63, 3.8) is 0 Å². The molecule has 0 atom stereocenters. The van der Waals surface area contributed by atoms with Gasteiger partial charge in [-0.3, -0.25) is 14.6 Å². The summed E-state index contributed by atoms with van der Waals surface area (Å²) in [6.07, 6.45) is 1.59. The van der Waals surface area contributed by atoms with E-state index in [1.807, 2.05) is 19.2 Å². The van der Waals surface area contributed by atoms with Crippen molar-refractivity contribution in [1.29, 1.82) is 0 Å². The zero-order valence-electron chi connectivity index (χ0n) is 14.2. The van der Waals surface area contributed by atoms with Crippen molar-refractivity contribution in [1.82, 2.24) is 14.7 Å². The Balaban J connectivity index is 1.64. The van der Waals surface area contributed by atoms with Gasteiger partial charge in [0.25, 0.3) is 0 Å². The minimum Gasteiger partial charge on any atom is -0.395 e. The lowest BCUT2D eigenvalue weighted by Crippen LogP contribution is -2.67. The van der Waals surface area contributed by atoms with Gasteiger partial charge in [-0.2, -0.15) is 0 Å². The van der Waals surface area contributed by atoms with Crippen LogP contribution in [0.1, 0.15) is 18.4 Å². The molecule has 2 saturated heterocycles. The zero-order chi connectivity index (χ0) is 17.2. The molecule has 0 saturated carbocycles.